The third-order valence-electron chi connectivity index (χ3n) is 4.03. The number of nitrogens with zero attached hydrogens (tertiary/aromatic N) is 1. The van der Waals surface area contributed by atoms with Crippen molar-refractivity contribution in [3.8, 4) is 0 Å². The van der Waals surface area contributed by atoms with Gasteiger partial charge in [-0.25, -0.2) is 4.98 Å². The molecule has 2 N–H and O–H groups in total. The first kappa shape index (κ1) is 19.1. The molecule has 0 aliphatic carbocycles. The zero-order valence-corrected chi connectivity index (χ0v) is 15.3. The molecule has 5 nitrogen and oxygen atoms in total. The van der Waals surface area contributed by atoms with E-state index in [0.717, 1.165) is 5.56 Å². The van der Waals surface area contributed by atoms with E-state index < -0.39 is 10.8 Å². The molecule has 2 amide bonds. The summed E-state index contributed by atoms with van der Waals surface area (Å²) in [5, 5.41) is 5.50. The second kappa shape index (κ2) is 7.11. The van der Waals surface area contributed by atoms with Gasteiger partial charge < -0.3 is 10.6 Å². The van der Waals surface area contributed by atoms with Crippen molar-refractivity contribution in [1.82, 2.24) is 10.3 Å². The minimum Gasteiger partial charge on any atom is -0.359 e. The second-order valence-corrected chi connectivity index (χ2v) is 7.61. The predicted octanol–water partition coefficient (Wildman–Crippen LogP) is 3.33. The summed E-state index contributed by atoms with van der Waals surface area (Å²) in [6.07, 6.45) is 2.22. The van der Waals surface area contributed by atoms with Crippen LogP contribution in [0.5, 0.6) is 0 Å². The van der Waals surface area contributed by atoms with E-state index in [4.69, 9.17) is 0 Å². The number of pyridine rings is 1. The summed E-state index contributed by atoms with van der Waals surface area (Å²) < 4.78 is 0. The van der Waals surface area contributed by atoms with Crippen LogP contribution in [0.4, 0.5) is 5.82 Å². The fraction of sp³-hybridized carbons (Fsp3) is 0.611. The van der Waals surface area contributed by atoms with Gasteiger partial charge in [0.25, 0.3) is 0 Å². The highest BCUT2D eigenvalue weighted by atomic mass is 16.2. The molecule has 1 rings (SSSR count). The van der Waals surface area contributed by atoms with Crippen molar-refractivity contribution in [2.24, 2.45) is 10.8 Å². The number of anilines is 1. The first-order valence-electron chi connectivity index (χ1n) is 7.99. The Bertz CT molecular complexity index is 560. The van der Waals surface area contributed by atoms with Crippen molar-refractivity contribution in [2.75, 3.05) is 12.4 Å². The molecule has 0 atom stereocenters. The molecule has 1 heterocycles. The molecule has 5 heteroatoms. The van der Waals surface area contributed by atoms with Crippen LogP contribution in [0.15, 0.2) is 18.3 Å². The van der Waals surface area contributed by atoms with E-state index in [2.05, 4.69) is 29.5 Å². The molecule has 0 unspecified atom stereocenters. The normalized spacial score (nSPS) is 12.2. The van der Waals surface area contributed by atoms with Gasteiger partial charge in [0, 0.05) is 24.1 Å². The van der Waals surface area contributed by atoms with Crippen LogP contribution in [0.25, 0.3) is 0 Å². The van der Waals surface area contributed by atoms with E-state index >= 15 is 0 Å². The van der Waals surface area contributed by atoms with E-state index in [1.54, 1.807) is 13.2 Å². The van der Waals surface area contributed by atoms with Crippen LogP contribution in [-0.4, -0.2) is 23.8 Å². The number of carbonyl (C=O) groups is 2. The molecule has 0 saturated carbocycles. The molecule has 1 aromatic heterocycles. The number of aromatic nitrogens is 1. The first-order valence-corrected chi connectivity index (χ1v) is 7.99. The quantitative estimate of drug-likeness (QED) is 0.845. The van der Waals surface area contributed by atoms with Crippen LogP contribution in [0.1, 0.15) is 59.4 Å². The third kappa shape index (κ3) is 5.05. The van der Waals surface area contributed by atoms with Gasteiger partial charge in [-0.3, -0.25) is 9.59 Å². The van der Waals surface area contributed by atoms with Gasteiger partial charge in [0.1, 0.15) is 5.82 Å². The Labute approximate surface area is 139 Å². The molecule has 0 fully saturated rings. The number of nitrogens with one attached hydrogen (secondary N) is 2. The Morgan fingerprint density at radius 3 is 2.09 bits per heavy atom. The van der Waals surface area contributed by atoms with Crippen molar-refractivity contribution in [3.63, 3.8) is 0 Å². The number of hydrogen-bond donors (Lipinski definition) is 2. The van der Waals surface area contributed by atoms with E-state index in [0.29, 0.717) is 18.2 Å². The van der Waals surface area contributed by atoms with Gasteiger partial charge in [0.15, 0.2) is 0 Å². The molecule has 0 bridgehead atoms. The van der Waals surface area contributed by atoms with Crippen LogP contribution >= 0.6 is 0 Å². The van der Waals surface area contributed by atoms with Crippen LogP contribution in [0.3, 0.4) is 0 Å². The molecule has 0 saturated heterocycles. The van der Waals surface area contributed by atoms with E-state index in [9.17, 15) is 9.59 Å². The highest BCUT2D eigenvalue weighted by molar-refractivity contribution is 5.94. The molecule has 0 aromatic carbocycles. The fourth-order valence-electron chi connectivity index (χ4n) is 2.71. The predicted molar refractivity (Wildman–Crippen MR) is 93.2 cm³/mol. The SMILES string of the molecule is CNC(=O)C(C)(C)CC(C)(C)C(=O)Nc1ccc(C(C)C)cn1. The molecule has 0 aliphatic rings. The lowest BCUT2D eigenvalue weighted by Gasteiger charge is -2.32. The summed E-state index contributed by atoms with van der Waals surface area (Å²) >= 11 is 0. The van der Waals surface area contributed by atoms with Crippen LogP contribution in [0.2, 0.25) is 0 Å². The number of amides is 2. The maximum Gasteiger partial charge on any atom is 0.231 e. The minimum atomic E-state index is -0.686. The largest absolute Gasteiger partial charge is 0.359 e. The summed E-state index contributed by atoms with van der Waals surface area (Å²) in [5.41, 5.74) is -0.179. The highest BCUT2D eigenvalue weighted by Gasteiger charge is 2.38. The summed E-state index contributed by atoms with van der Waals surface area (Å²) in [6.45, 7) is 11.6. The summed E-state index contributed by atoms with van der Waals surface area (Å²) in [7, 11) is 1.61. The molecule has 0 aliphatic heterocycles. The maximum atomic E-state index is 12.6. The van der Waals surface area contributed by atoms with Crippen LogP contribution < -0.4 is 10.6 Å². The van der Waals surface area contributed by atoms with Gasteiger partial charge in [0.2, 0.25) is 11.8 Å². The maximum absolute atomic E-state index is 12.6. The molecular formula is C18H29N3O2. The van der Waals surface area contributed by atoms with E-state index in [1.165, 1.54) is 0 Å². The topological polar surface area (TPSA) is 71.1 Å². The summed E-state index contributed by atoms with van der Waals surface area (Å²) in [4.78, 5) is 28.8. The van der Waals surface area contributed by atoms with Gasteiger partial charge in [-0.05, 0) is 24.0 Å². The number of hydrogen-bond acceptors (Lipinski definition) is 3. The van der Waals surface area contributed by atoms with Gasteiger partial charge in [-0.15, -0.1) is 0 Å². The van der Waals surface area contributed by atoms with Crippen molar-refractivity contribution >= 4 is 17.6 Å². The number of rotatable bonds is 6. The first-order chi connectivity index (χ1) is 10.5. The zero-order valence-electron chi connectivity index (χ0n) is 15.3. The smallest absolute Gasteiger partial charge is 0.231 e. The Kier molecular flexibility index (Phi) is 5.92. The van der Waals surface area contributed by atoms with Crippen molar-refractivity contribution in [3.05, 3.63) is 23.9 Å². The molecule has 0 spiro atoms. The monoisotopic (exact) mass is 319 g/mol. The Morgan fingerprint density at radius 1 is 1.09 bits per heavy atom. The van der Waals surface area contributed by atoms with Crippen molar-refractivity contribution < 1.29 is 9.59 Å². The average molecular weight is 319 g/mol. The third-order valence-corrected chi connectivity index (χ3v) is 4.03. The molecular weight excluding hydrogens is 290 g/mol. The van der Waals surface area contributed by atoms with Gasteiger partial charge in [-0.1, -0.05) is 47.6 Å². The van der Waals surface area contributed by atoms with Crippen molar-refractivity contribution in [1.29, 1.82) is 0 Å². The van der Waals surface area contributed by atoms with Gasteiger partial charge in [0.05, 0.1) is 0 Å². The lowest BCUT2D eigenvalue weighted by molar-refractivity contribution is -0.133. The fourth-order valence-corrected chi connectivity index (χ4v) is 2.71. The number of carbonyl (C=O) groups excluding carboxylic acids is 2. The molecule has 0 radical (unpaired) electrons. The summed E-state index contributed by atoms with van der Waals surface area (Å²) in [5.74, 6) is 0.722. The minimum absolute atomic E-state index is 0.0715. The van der Waals surface area contributed by atoms with Crippen molar-refractivity contribution in [2.45, 2.75) is 53.9 Å². The van der Waals surface area contributed by atoms with Crippen LogP contribution in [0, 0.1) is 10.8 Å². The lowest BCUT2D eigenvalue weighted by atomic mass is 9.74. The Balaban J connectivity index is 2.80. The second-order valence-electron chi connectivity index (χ2n) is 7.61. The standard InChI is InChI=1S/C18H29N3O2/c1-12(2)13-8-9-14(20-10-13)21-16(23)18(5,6)11-17(3,4)15(22)19-7/h8-10,12H,11H2,1-7H3,(H,19,22)(H,20,21,23). The Hall–Kier alpha value is -1.91. The molecule has 128 valence electrons. The summed E-state index contributed by atoms with van der Waals surface area (Å²) in [6, 6.07) is 3.78. The van der Waals surface area contributed by atoms with E-state index in [-0.39, 0.29) is 11.8 Å². The average Bonchev–Trinajstić information content (AvgIpc) is 2.45. The Morgan fingerprint density at radius 2 is 1.65 bits per heavy atom. The lowest BCUT2D eigenvalue weighted by Crippen LogP contribution is -2.42. The molecule has 23 heavy (non-hydrogen) atoms. The van der Waals surface area contributed by atoms with E-state index in [1.807, 2.05) is 39.8 Å². The van der Waals surface area contributed by atoms with Crippen LogP contribution in [-0.2, 0) is 9.59 Å². The molecule has 1 aromatic rings. The zero-order chi connectivity index (χ0) is 17.8. The van der Waals surface area contributed by atoms with Gasteiger partial charge in [-0.2, -0.15) is 0 Å². The van der Waals surface area contributed by atoms with Gasteiger partial charge >= 0.3 is 0 Å². The highest BCUT2D eigenvalue weighted by Crippen LogP contribution is 2.34.